The number of phenols is 1. The van der Waals surface area contributed by atoms with Crippen molar-refractivity contribution < 1.29 is 29.0 Å². The lowest BCUT2D eigenvalue weighted by atomic mass is 9.98. The third-order valence-electron chi connectivity index (χ3n) is 5.35. The number of nitrogens with two attached hydrogens (primary N) is 1. The summed E-state index contributed by atoms with van der Waals surface area (Å²) in [5.74, 6) is -1.81. The van der Waals surface area contributed by atoms with Gasteiger partial charge in [-0.2, -0.15) is 0 Å². The molecular weight excluding hydrogens is 464 g/mol. The number of nitrogens with one attached hydrogen (secondary N) is 2. The first kappa shape index (κ1) is 30.7. The van der Waals surface area contributed by atoms with Gasteiger partial charge in [0.05, 0.1) is 6.42 Å². The van der Waals surface area contributed by atoms with Gasteiger partial charge in [-0.15, -0.1) is 0 Å². The first-order chi connectivity index (χ1) is 16.7. The third-order valence-corrected chi connectivity index (χ3v) is 5.35. The van der Waals surface area contributed by atoms with Crippen LogP contribution in [0.25, 0.3) is 0 Å². The smallest absolute Gasteiger partial charge is 0.408 e. The molecule has 36 heavy (non-hydrogen) atoms. The zero-order chi connectivity index (χ0) is 27.6. The van der Waals surface area contributed by atoms with Crippen LogP contribution in [0.3, 0.4) is 0 Å². The van der Waals surface area contributed by atoms with Gasteiger partial charge in [0.1, 0.15) is 23.4 Å². The molecule has 4 amide bonds. The standard InChI is InChI=1S/C26H42N4O6/c1-8-9-10-13-28-23(33)22(18-11-12-20(31)17(4)14-18)30(16(2)3)24(34)19(15-21(27)32)29-25(35)36-26(5,6)7/h11-12,14,16,19,22,31H,8-10,13,15H2,1-7H3,(H2,27,32)(H,28,33)(H,29,35). The topological polar surface area (TPSA) is 151 Å². The first-order valence-electron chi connectivity index (χ1n) is 12.3. The van der Waals surface area contributed by atoms with Crippen LogP contribution in [0.2, 0.25) is 0 Å². The van der Waals surface area contributed by atoms with Crippen LogP contribution in [0.1, 0.15) is 84.4 Å². The number of phenolic OH excluding ortho intramolecular Hbond substituents is 1. The average molecular weight is 507 g/mol. The summed E-state index contributed by atoms with van der Waals surface area (Å²) in [6.07, 6.45) is 1.35. The number of hydrogen-bond donors (Lipinski definition) is 4. The summed E-state index contributed by atoms with van der Waals surface area (Å²) >= 11 is 0. The van der Waals surface area contributed by atoms with E-state index in [1.807, 2.05) is 0 Å². The van der Waals surface area contributed by atoms with Crippen LogP contribution in [0.4, 0.5) is 4.79 Å². The lowest BCUT2D eigenvalue weighted by Crippen LogP contribution is -2.56. The summed E-state index contributed by atoms with van der Waals surface area (Å²) in [5, 5.41) is 15.3. The lowest BCUT2D eigenvalue weighted by molar-refractivity contribution is -0.145. The van der Waals surface area contributed by atoms with Crippen molar-refractivity contribution in [3.8, 4) is 5.75 Å². The molecule has 0 bridgehead atoms. The number of aromatic hydroxyl groups is 1. The van der Waals surface area contributed by atoms with E-state index in [1.54, 1.807) is 53.7 Å². The number of hydrogen-bond acceptors (Lipinski definition) is 6. The van der Waals surface area contributed by atoms with Crippen LogP contribution in [0, 0.1) is 6.92 Å². The summed E-state index contributed by atoms with van der Waals surface area (Å²) < 4.78 is 5.26. The zero-order valence-electron chi connectivity index (χ0n) is 22.5. The largest absolute Gasteiger partial charge is 0.508 e. The van der Waals surface area contributed by atoms with Crippen molar-refractivity contribution in [1.29, 1.82) is 0 Å². The highest BCUT2D eigenvalue weighted by Gasteiger charge is 2.38. The average Bonchev–Trinajstić information content (AvgIpc) is 2.74. The van der Waals surface area contributed by atoms with Crippen LogP contribution in [0.5, 0.6) is 5.75 Å². The maximum Gasteiger partial charge on any atom is 0.408 e. The Morgan fingerprint density at radius 2 is 1.78 bits per heavy atom. The maximum absolute atomic E-state index is 13.8. The molecule has 0 heterocycles. The Kier molecular flexibility index (Phi) is 11.7. The fraction of sp³-hybridized carbons (Fsp3) is 0.615. The number of primary amides is 1. The number of unbranched alkanes of at least 4 members (excludes halogenated alkanes) is 2. The molecule has 0 aliphatic rings. The second-order valence-electron chi connectivity index (χ2n) is 10.2. The van der Waals surface area contributed by atoms with E-state index in [-0.39, 0.29) is 5.75 Å². The minimum absolute atomic E-state index is 0.0569. The van der Waals surface area contributed by atoms with E-state index < -0.39 is 54.0 Å². The molecule has 0 fully saturated rings. The van der Waals surface area contributed by atoms with Crippen molar-refractivity contribution in [3.63, 3.8) is 0 Å². The Bertz CT molecular complexity index is 925. The monoisotopic (exact) mass is 506 g/mol. The number of benzene rings is 1. The molecule has 5 N–H and O–H groups in total. The summed E-state index contributed by atoms with van der Waals surface area (Å²) in [7, 11) is 0. The molecule has 1 rings (SSSR count). The molecule has 0 saturated carbocycles. The zero-order valence-corrected chi connectivity index (χ0v) is 22.5. The molecule has 0 aliphatic carbocycles. The number of nitrogens with zero attached hydrogens (tertiary/aromatic N) is 1. The van der Waals surface area contributed by atoms with Gasteiger partial charge in [0.15, 0.2) is 0 Å². The number of ether oxygens (including phenoxy) is 1. The number of carbonyl (C=O) groups is 4. The Hall–Kier alpha value is -3.30. The molecule has 202 valence electrons. The van der Waals surface area contributed by atoms with E-state index >= 15 is 0 Å². The molecule has 1 aromatic rings. The molecule has 0 aromatic heterocycles. The number of carbonyl (C=O) groups excluding carboxylic acids is 4. The fourth-order valence-corrected chi connectivity index (χ4v) is 3.68. The van der Waals surface area contributed by atoms with E-state index in [1.165, 1.54) is 11.0 Å². The first-order valence-corrected chi connectivity index (χ1v) is 12.3. The second kappa shape index (κ2) is 13.7. The minimum Gasteiger partial charge on any atom is -0.508 e. The Balaban J connectivity index is 3.44. The molecular formula is C26H42N4O6. The van der Waals surface area contributed by atoms with Crippen molar-refractivity contribution in [2.24, 2.45) is 5.73 Å². The quantitative estimate of drug-likeness (QED) is 0.320. The van der Waals surface area contributed by atoms with E-state index in [0.717, 1.165) is 19.3 Å². The van der Waals surface area contributed by atoms with Crippen LogP contribution in [-0.2, 0) is 19.1 Å². The van der Waals surface area contributed by atoms with Gasteiger partial charge in [-0.05, 0) is 71.2 Å². The van der Waals surface area contributed by atoms with Crippen molar-refractivity contribution in [1.82, 2.24) is 15.5 Å². The normalized spacial score (nSPS) is 13.0. The SMILES string of the molecule is CCCCCNC(=O)C(c1ccc(O)c(C)c1)N(C(=O)C(CC(N)=O)NC(=O)OC(C)(C)C)C(C)C. The molecule has 0 spiro atoms. The predicted octanol–water partition coefficient (Wildman–Crippen LogP) is 3.05. The highest BCUT2D eigenvalue weighted by atomic mass is 16.6. The van der Waals surface area contributed by atoms with Gasteiger partial charge in [0, 0.05) is 12.6 Å². The molecule has 10 heteroatoms. The van der Waals surface area contributed by atoms with Gasteiger partial charge >= 0.3 is 6.09 Å². The lowest BCUT2D eigenvalue weighted by Gasteiger charge is -2.37. The summed E-state index contributed by atoms with van der Waals surface area (Å²) in [5.41, 5.74) is 5.57. The Morgan fingerprint density at radius 3 is 2.28 bits per heavy atom. The van der Waals surface area contributed by atoms with Crippen molar-refractivity contribution in [3.05, 3.63) is 29.3 Å². The molecule has 2 atom stereocenters. The summed E-state index contributed by atoms with van der Waals surface area (Å²) in [4.78, 5) is 52.8. The maximum atomic E-state index is 13.8. The number of aryl methyl sites for hydroxylation is 1. The van der Waals surface area contributed by atoms with Crippen molar-refractivity contribution >= 4 is 23.8 Å². The van der Waals surface area contributed by atoms with Crippen molar-refractivity contribution in [2.75, 3.05) is 6.54 Å². The highest BCUT2D eigenvalue weighted by Crippen LogP contribution is 2.29. The van der Waals surface area contributed by atoms with E-state index in [2.05, 4.69) is 17.6 Å². The van der Waals surface area contributed by atoms with Gasteiger partial charge in [-0.1, -0.05) is 25.8 Å². The van der Waals surface area contributed by atoms with Gasteiger partial charge in [0.25, 0.3) is 0 Å². The van der Waals surface area contributed by atoms with Gasteiger partial charge in [-0.3, -0.25) is 14.4 Å². The Labute approximate surface area is 213 Å². The summed E-state index contributed by atoms with van der Waals surface area (Å²) in [6, 6.07) is 1.77. The second-order valence-corrected chi connectivity index (χ2v) is 10.2. The molecule has 10 nitrogen and oxygen atoms in total. The molecule has 2 unspecified atom stereocenters. The Morgan fingerprint density at radius 1 is 1.14 bits per heavy atom. The van der Waals surface area contributed by atoms with E-state index in [4.69, 9.17) is 10.5 Å². The van der Waals surface area contributed by atoms with Crippen LogP contribution < -0.4 is 16.4 Å². The highest BCUT2D eigenvalue weighted by molar-refractivity contribution is 5.94. The van der Waals surface area contributed by atoms with Gasteiger partial charge in [-0.25, -0.2) is 4.79 Å². The molecule has 0 aliphatic heterocycles. The van der Waals surface area contributed by atoms with E-state index in [0.29, 0.717) is 17.7 Å². The molecule has 1 aromatic carbocycles. The van der Waals surface area contributed by atoms with Crippen LogP contribution in [-0.4, -0.2) is 58.1 Å². The number of alkyl carbamates (subject to hydrolysis) is 1. The van der Waals surface area contributed by atoms with E-state index in [9.17, 15) is 24.3 Å². The van der Waals surface area contributed by atoms with Crippen molar-refractivity contribution in [2.45, 2.75) is 97.9 Å². The van der Waals surface area contributed by atoms with Gasteiger partial charge in [0.2, 0.25) is 17.7 Å². The fourth-order valence-electron chi connectivity index (χ4n) is 3.68. The third kappa shape index (κ3) is 9.75. The predicted molar refractivity (Wildman–Crippen MR) is 137 cm³/mol. The van der Waals surface area contributed by atoms with Gasteiger partial charge < -0.3 is 31.1 Å². The van der Waals surface area contributed by atoms with Crippen LogP contribution in [0.15, 0.2) is 18.2 Å². The summed E-state index contributed by atoms with van der Waals surface area (Å²) in [6.45, 7) is 12.7. The molecule has 0 saturated heterocycles. The minimum atomic E-state index is -1.34. The number of amides is 4. The van der Waals surface area contributed by atoms with Crippen LogP contribution >= 0.6 is 0 Å². The number of rotatable bonds is 12. The molecule has 0 radical (unpaired) electrons.